The molecule has 0 aromatic carbocycles. The van der Waals surface area contributed by atoms with Crippen LogP contribution in [0, 0.1) is 6.92 Å². The molecule has 0 saturated carbocycles. The monoisotopic (exact) mass is 145 g/mol. The van der Waals surface area contributed by atoms with Crippen molar-refractivity contribution in [2.45, 2.75) is 33.0 Å². The third-order valence-electron chi connectivity index (χ3n) is 1.33. The van der Waals surface area contributed by atoms with Crippen molar-refractivity contribution in [3.8, 4) is 0 Å². The van der Waals surface area contributed by atoms with E-state index in [-0.39, 0.29) is 12.2 Å². The zero-order chi connectivity index (χ0) is 7.98. The van der Waals surface area contributed by atoms with Crippen molar-refractivity contribution in [1.82, 2.24) is 0 Å². The molecule has 0 aliphatic heterocycles. The highest BCUT2D eigenvalue weighted by Gasteiger charge is 2.10. The van der Waals surface area contributed by atoms with Gasteiger partial charge in [-0.3, -0.25) is 0 Å². The van der Waals surface area contributed by atoms with E-state index in [9.17, 15) is 0 Å². The summed E-state index contributed by atoms with van der Waals surface area (Å²) in [6.07, 6.45) is 0.0647. The molecule has 0 aromatic heterocycles. The first-order chi connectivity index (χ1) is 4.72. The fourth-order valence-corrected chi connectivity index (χ4v) is 0.720. The van der Waals surface area contributed by atoms with E-state index in [2.05, 4.69) is 6.92 Å². The first-order valence-corrected chi connectivity index (χ1v) is 3.78. The van der Waals surface area contributed by atoms with E-state index in [1.165, 1.54) is 0 Å². The van der Waals surface area contributed by atoms with Crippen LogP contribution < -0.4 is 0 Å². The van der Waals surface area contributed by atoms with E-state index in [0.717, 1.165) is 6.61 Å². The zero-order valence-corrected chi connectivity index (χ0v) is 7.09. The second-order valence-corrected chi connectivity index (χ2v) is 2.15. The van der Waals surface area contributed by atoms with Crippen molar-refractivity contribution in [3.63, 3.8) is 0 Å². The van der Waals surface area contributed by atoms with Crippen LogP contribution in [-0.4, -0.2) is 25.4 Å². The molecule has 0 aliphatic carbocycles. The summed E-state index contributed by atoms with van der Waals surface area (Å²) in [5.74, 6) is 0. The predicted octanol–water partition coefficient (Wildman–Crippen LogP) is 1.65. The Kier molecular flexibility index (Phi) is 5.64. The van der Waals surface area contributed by atoms with Gasteiger partial charge in [0.05, 0.1) is 12.2 Å². The van der Waals surface area contributed by atoms with Gasteiger partial charge in [0.15, 0.2) is 0 Å². The predicted molar refractivity (Wildman–Crippen MR) is 41.9 cm³/mol. The highest BCUT2D eigenvalue weighted by atomic mass is 16.5. The summed E-state index contributed by atoms with van der Waals surface area (Å²) < 4.78 is 10.5. The second-order valence-electron chi connectivity index (χ2n) is 2.15. The lowest BCUT2D eigenvalue weighted by Gasteiger charge is -2.18. The Bertz CT molecular complexity index is 63.7. The van der Waals surface area contributed by atoms with E-state index < -0.39 is 0 Å². The van der Waals surface area contributed by atoms with Crippen LogP contribution in [0.5, 0.6) is 0 Å². The molecule has 0 spiro atoms. The second kappa shape index (κ2) is 5.69. The Morgan fingerprint density at radius 3 is 2.10 bits per heavy atom. The first-order valence-electron chi connectivity index (χ1n) is 3.78. The van der Waals surface area contributed by atoms with Crippen molar-refractivity contribution in [2.24, 2.45) is 0 Å². The average molecular weight is 145 g/mol. The number of ether oxygens (including phenoxy) is 2. The van der Waals surface area contributed by atoms with Gasteiger partial charge < -0.3 is 9.47 Å². The molecule has 0 bridgehead atoms. The summed E-state index contributed by atoms with van der Waals surface area (Å²) in [6, 6.07) is 0. The molecule has 0 rings (SSSR count). The third kappa shape index (κ3) is 3.85. The fourth-order valence-electron chi connectivity index (χ4n) is 0.720. The normalized spacial score (nSPS) is 16.8. The van der Waals surface area contributed by atoms with Gasteiger partial charge in [0.2, 0.25) is 0 Å². The molecule has 0 N–H and O–H groups in total. The quantitative estimate of drug-likeness (QED) is 0.585. The number of hydrogen-bond acceptors (Lipinski definition) is 2. The molecule has 2 atom stereocenters. The van der Waals surface area contributed by atoms with Crippen molar-refractivity contribution in [2.75, 3.05) is 13.2 Å². The summed E-state index contributed by atoms with van der Waals surface area (Å²) >= 11 is 0. The molecule has 0 fully saturated rings. The van der Waals surface area contributed by atoms with Crippen molar-refractivity contribution in [3.05, 3.63) is 6.92 Å². The zero-order valence-electron chi connectivity index (χ0n) is 7.09. The molecule has 2 nitrogen and oxygen atoms in total. The lowest BCUT2D eigenvalue weighted by Crippen LogP contribution is -2.26. The molecule has 1 radical (unpaired) electrons. The highest BCUT2D eigenvalue weighted by Crippen LogP contribution is 2.01. The van der Waals surface area contributed by atoms with E-state index in [4.69, 9.17) is 9.47 Å². The van der Waals surface area contributed by atoms with Crippen LogP contribution >= 0.6 is 0 Å². The van der Waals surface area contributed by atoms with Crippen LogP contribution in [0.15, 0.2) is 0 Å². The lowest BCUT2D eigenvalue weighted by molar-refractivity contribution is -0.0365. The Hall–Kier alpha value is -0.0800. The smallest absolute Gasteiger partial charge is 0.0834 e. The van der Waals surface area contributed by atoms with Gasteiger partial charge in [-0.1, -0.05) is 0 Å². The van der Waals surface area contributed by atoms with Crippen molar-refractivity contribution < 1.29 is 9.47 Å². The fraction of sp³-hybridized carbons (Fsp3) is 0.875. The molecule has 0 amide bonds. The maximum Gasteiger partial charge on any atom is 0.0834 e. The van der Waals surface area contributed by atoms with Gasteiger partial charge in [0, 0.05) is 13.2 Å². The molecule has 2 unspecified atom stereocenters. The van der Waals surface area contributed by atoms with Gasteiger partial charge >= 0.3 is 0 Å². The van der Waals surface area contributed by atoms with Gasteiger partial charge in [-0.15, -0.1) is 0 Å². The SMILES string of the molecule is [CH2]C(OCC)C(C)OCC. The number of hydrogen-bond donors (Lipinski definition) is 0. The standard InChI is InChI=1S/C8H17O2/c1-5-9-7(3)8(4)10-6-2/h7-8H,3,5-6H2,1-2,4H3. The molecule has 2 heteroatoms. The van der Waals surface area contributed by atoms with Crippen molar-refractivity contribution in [1.29, 1.82) is 0 Å². The van der Waals surface area contributed by atoms with Crippen LogP contribution in [0.25, 0.3) is 0 Å². The molecule has 0 aliphatic rings. The molecule has 0 saturated heterocycles. The van der Waals surface area contributed by atoms with E-state index in [1.54, 1.807) is 0 Å². The average Bonchev–Trinajstić information content (AvgIpc) is 1.89. The summed E-state index contributed by atoms with van der Waals surface area (Å²) in [7, 11) is 0. The Morgan fingerprint density at radius 2 is 1.70 bits per heavy atom. The molecule has 0 aromatic rings. The van der Waals surface area contributed by atoms with Gasteiger partial charge in [0.25, 0.3) is 0 Å². The molecular formula is C8H17O2. The van der Waals surface area contributed by atoms with Gasteiger partial charge in [-0.25, -0.2) is 0 Å². The molecule has 0 heterocycles. The minimum absolute atomic E-state index is 0.0371. The highest BCUT2D eigenvalue weighted by molar-refractivity contribution is 4.67. The maximum atomic E-state index is 5.27. The summed E-state index contributed by atoms with van der Waals surface area (Å²) in [6.45, 7) is 11.1. The third-order valence-corrected chi connectivity index (χ3v) is 1.33. The van der Waals surface area contributed by atoms with E-state index in [0.29, 0.717) is 6.61 Å². The van der Waals surface area contributed by atoms with Gasteiger partial charge in [-0.2, -0.15) is 0 Å². The van der Waals surface area contributed by atoms with Gasteiger partial charge in [-0.05, 0) is 27.7 Å². The largest absolute Gasteiger partial charge is 0.376 e. The lowest BCUT2D eigenvalue weighted by atomic mass is 10.2. The minimum atomic E-state index is -0.0371. The molecular weight excluding hydrogens is 128 g/mol. The Balaban J connectivity index is 3.38. The Labute approximate surface area is 63.5 Å². The summed E-state index contributed by atoms with van der Waals surface area (Å²) in [5, 5.41) is 0. The van der Waals surface area contributed by atoms with E-state index >= 15 is 0 Å². The van der Waals surface area contributed by atoms with Crippen LogP contribution in [0.2, 0.25) is 0 Å². The first kappa shape index (κ1) is 9.92. The van der Waals surface area contributed by atoms with Crippen LogP contribution in [0.3, 0.4) is 0 Å². The van der Waals surface area contributed by atoms with Crippen LogP contribution in [0.4, 0.5) is 0 Å². The molecule has 10 heavy (non-hydrogen) atoms. The minimum Gasteiger partial charge on any atom is -0.376 e. The topological polar surface area (TPSA) is 18.5 Å². The van der Waals surface area contributed by atoms with Gasteiger partial charge in [0.1, 0.15) is 0 Å². The summed E-state index contributed by atoms with van der Waals surface area (Å²) in [4.78, 5) is 0. The van der Waals surface area contributed by atoms with E-state index in [1.807, 2.05) is 20.8 Å². The maximum absolute atomic E-state index is 5.27. The van der Waals surface area contributed by atoms with Crippen LogP contribution in [0.1, 0.15) is 20.8 Å². The summed E-state index contributed by atoms with van der Waals surface area (Å²) in [5.41, 5.74) is 0. The Morgan fingerprint density at radius 1 is 1.20 bits per heavy atom. The number of rotatable bonds is 5. The van der Waals surface area contributed by atoms with Crippen molar-refractivity contribution >= 4 is 0 Å². The van der Waals surface area contributed by atoms with Crippen LogP contribution in [-0.2, 0) is 9.47 Å². The molecule has 61 valence electrons.